The Balaban J connectivity index is 2.05. The van der Waals surface area contributed by atoms with Crippen molar-refractivity contribution in [2.75, 3.05) is 37.8 Å². The van der Waals surface area contributed by atoms with Gasteiger partial charge in [0.25, 0.3) is 0 Å². The number of carbonyl (C=O) groups is 1. The molecule has 2 rings (SSSR count). The number of nitrogens with zero attached hydrogens (tertiary/aromatic N) is 2. The lowest BCUT2D eigenvalue weighted by atomic mass is 10.1. The van der Waals surface area contributed by atoms with E-state index in [2.05, 4.69) is 5.32 Å². The fourth-order valence-electron chi connectivity index (χ4n) is 2.26. The van der Waals surface area contributed by atoms with E-state index in [0.29, 0.717) is 0 Å². The van der Waals surface area contributed by atoms with Gasteiger partial charge in [-0.1, -0.05) is 12.1 Å². The lowest BCUT2D eigenvalue weighted by molar-refractivity contribution is -0.136. The molecule has 6 nitrogen and oxygen atoms in total. The SMILES string of the molecule is CS(=O)(=O)N1CCN(C(=O)Nc2ccccc2C(F)(F)F)CC1. The zero-order chi connectivity index (χ0) is 17.3. The third-order valence-electron chi connectivity index (χ3n) is 3.47. The monoisotopic (exact) mass is 351 g/mol. The Bertz CT molecular complexity index is 683. The molecule has 0 atom stereocenters. The third kappa shape index (κ3) is 4.35. The predicted octanol–water partition coefficient (Wildman–Crippen LogP) is 1.81. The molecular weight excluding hydrogens is 335 g/mol. The van der Waals surface area contributed by atoms with E-state index >= 15 is 0 Å². The molecule has 128 valence electrons. The van der Waals surface area contributed by atoms with Crippen molar-refractivity contribution in [1.29, 1.82) is 0 Å². The van der Waals surface area contributed by atoms with Gasteiger partial charge in [-0.15, -0.1) is 0 Å². The minimum Gasteiger partial charge on any atom is -0.322 e. The quantitative estimate of drug-likeness (QED) is 0.884. The van der Waals surface area contributed by atoms with E-state index < -0.39 is 27.8 Å². The molecule has 1 heterocycles. The van der Waals surface area contributed by atoms with Crippen LogP contribution in [0.1, 0.15) is 5.56 Å². The third-order valence-corrected chi connectivity index (χ3v) is 4.77. The minimum absolute atomic E-state index is 0.118. The first kappa shape index (κ1) is 17.5. The smallest absolute Gasteiger partial charge is 0.322 e. The molecule has 10 heteroatoms. The second-order valence-corrected chi connectivity index (χ2v) is 7.11. The van der Waals surface area contributed by atoms with E-state index in [1.807, 2.05) is 0 Å². The number of piperazine rings is 1. The number of sulfonamides is 1. The van der Waals surface area contributed by atoms with Crippen molar-refractivity contribution in [2.24, 2.45) is 0 Å². The predicted molar refractivity (Wildman–Crippen MR) is 78.5 cm³/mol. The number of hydrogen-bond acceptors (Lipinski definition) is 3. The van der Waals surface area contributed by atoms with E-state index in [-0.39, 0.29) is 31.9 Å². The molecule has 1 aliphatic rings. The van der Waals surface area contributed by atoms with Crippen LogP contribution in [0.5, 0.6) is 0 Å². The number of anilines is 1. The van der Waals surface area contributed by atoms with Crippen LogP contribution in [0.25, 0.3) is 0 Å². The molecule has 0 bridgehead atoms. The van der Waals surface area contributed by atoms with E-state index in [1.54, 1.807) is 0 Å². The molecule has 0 saturated carbocycles. The van der Waals surface area contributed by atoms with Crippen LogP contribution in [0.3, 0.4) is 0 Å². The average Bonchev–Trinajstić information content (AvgIpc) is 2.46. The number of benzene rings is 1. The molecule has 0 unspecified atom stereocenters. The van der Waals surface area contributed by atoms with Crippen molar-refractivity contribution >= 4 is 21.7 Å². The summed E-state index contributed by atoms with van der Waals surface area (Å²) in [5.41, 5.74) is -1.25. The van der Waals surface area contributed by atoms with Crippen molar-refractivity contribution in [3.05, 3.63) is 29.8 Å². The number of para-hydroxylation sites is 1. The molecule has 0 radical (unpaired) electrons. The average molecular weight is 351 g/mol. The van der Waals surface area contributed by atoms with Crippen molar-refractivity contribution in [1.82, 2.24) is 9.21 Å². The van der Waals surface area contributed by atoms with Crippen LogP contribution < -0.4 is 5.32 Å². The lowest BCUT2D eigenvalue weighted by Gasteiger charge is -2.33. The van der Waals surface area contributed by atoms with Crippen molar-refractivity contribution < 1.29 is 26.4 Å². The van der Waals surface area contributed by atoms with Crippen LogP contribution in [-0.4, -0.2) is 56.1 Å². The number of rotatable bonds is 2. The minimum atomic E-state index is -4.57. The Kier molecular flexibility index (Phi) is 4.85. The summed E-state index contributed by atoms with van der Waals surface area (Å²) >= 11 is 0. The van der Waals surface area contributed by atoms with E-state index in [9.17, 15) is 26.4 Å². The zero-order valence-corrected chi connectivity index (χ0v) is 13.1. The number of carbonyl (C=O) groups excluding carboxylic acids is 1. The maximum atomic E-state index is 12.9. The van der Waals surface area contributed by atoms with Gasteiger partial charge >= 0.3 is 12.2 Å². The first-order chi connectivity index (χ1) is 10.6. The van der Waals surface area contributed by atoms with E-state index in [0.717, 1.165) is 12.3 Å². The fraction of sp³-hybridized carbons (Fsp3) is 0.462. The highest BCUT2D eigenvalue weighted by molar-refractivity contribution is 7.88. The molecule has 1 aromatic rings. The van der Waals surface area contributed by atoms with Crippen molar-refractivity contribution in [2.45, 2.75) is 6.18 Å². The van der Waals surface area contributed by atoms with Crippen LogP contribution in [0.4, 0.5) is 23.7 Å². The summed E-state index contributed by atoms with van der Waals surface area (Å²) < 4.78 is 62.7. The molecule has 0 aliphatic carbocycles. The van der Waals surface area contributed by atoms with Gasteiger partial charge in [0, 0.05) is 26.2 Å². The lowest BCUT2D eigenvalue weighted by Crippen LogP contribution is -2.51. The van der Waals surface area contributed by atoms with Gasteiger partial charge in [0.2, 0.25) is 10.0 Å². The van der Waals surface area contributed by atoms with Gasteiger partial charge in [-0.05, 0) is 12.1 Å². The largest absolute Gasteiger partial charge is 0.418 e. The van der Waals surface area contributed by atoms with Gasteiger partial charge in [-0.3, -0.25) is 0 Å². The molecule has 1 fully saturated rings. The maximum Gasteiger partial charge on any atom is 0.418 e. The summed E-state index contributed by atoms with van der Waals surface area (Å²) in [5.74, 6) is 0. The van der Waals surface area contributed by atoms with Gasteiger partial charge in [-0.25, -0.2) is 13.2 Å². The number of amides is 2. The van der Waals surface area contributed by atoms with Gasteiger partial charge in [0.05, 0.1) is 17.5 Å². The van der Waals surface area contributed by atoms with Crippen LogP contribution in [0, 0.1) is 0 Å². The van der Waals surface area contributed by atoms with Gasteiger partial charge in [0.1, 0.15) is 0 Å². The highest BCUT2D eigenvalue weighted by Gasteiger charge is 2.34. The molecule has 1 saturated heterocycles. The Morgan fingerprint density at radius 1 is 1.13 bits per heavy atom. The maximum absolute atomic E-state index is 12.9. The number of hydrogen-bond donors (Lipinski definition) is 1. The number of urea groups is 1. The first-order valence-corrected chi connectivity index (χ1v) is 8.61. The summed E-state index contributed by atoms with van der Waals surface area (Å²) in [6.07, 6.45) is -3.50. The highest BCUT2D eigenvalue weighted by atomic mass is 32.2. The second-order valence-electron chi connectivity index (χ2n) is 5.12. The molecular formula is C13H16F3N3O3S. The van der Waals surface area contributed by atoms with Crippen LogP contribution in [0.15, 0.2) is 24.3 Å². The summed E-state index contributed by atoms with van der Waals surface area (Å²) in [6, 6.07) is 4.01. The molecule has 1 aliphatic heterocycles. The molecule has 0 spiro atoms. The first-order valence-electron chi connectivity index (χ1n) is 6.76. The molecule has 2 amide bonds. The fourth-order valence-corrected chi connectivity index (χ4v) is 3.08. The van der Waals surface area contributed by atoms with Crippen LogP contribution >= 0.6 is 0 Å². The van der Waals surface area contributed by atoms with E-state index in [1.165, 1.54) is 27.4 Å². The Hall–Kier alpha value is -1.81. The Morgan fingerprint density at radius 2 is 1.70 bits per heavy atom. The van der Waals surface area contributed by atoms with Crippen molar-refractivity contribution in [3.8, 4) is 0 Å². The standard InChI is InChI=1S/C13H16F3N3O3S/c1-23(21,22)19-8-6-18(7-9-19)12(20)17-11-5-3-2-4-10(11)13(14,15)16/h2-5H,6-9H2,1H3,(H,17,20). The van der Waals surface area contributed by atoms with Crippen LogP contribution in [0.2, 0.25) is 0 Å². The Labute approximate surface area is 131 Å². The Morgan fingerprint density at radius 3 is 2.22 bits per heavy atom. The highest BCUT2D eigenvalue weighted by Crippen LogP contribution is 2.34. The topological polar surface area (TPSA) is 69.7 Å². The zero-order valence-electron chi connectivity index (χ0n) is 12.3. The van der Waals surface area contributed by atoms with Crippen molar-refractivity contribution in [3.63, 3.8) is 0 Å². The second kappa shape index (κ2) is 6.36. The van der Waals surface area contributed by atoms with Gasteiger partial charge in [0.15, 0.2) is 0 Å². The summed E-state index contributed by atoms with van der Waals surface area (Å²) in [5, 5.41) is 2.24. The molecule has 23 heavy (non-hydrogen) atoms. The summed E-state index contributed by atoms with van der Waals surface area (Å²) in [7, 11) is -3.33. The molecule has 0 aromatic heterocycles. The van der Waals surface area contributed by atoms with Gasteiger partial charge in [-0.2, -0.15) is 17.5 Å². The number of halogens is 3. The van der Waals surface area contributed by atoms with Crippen LogP contribution in [-0.2, 0) is 16.2 Å². The molecule has 1 aromatic carbocycles. The summed E-state index contributed by atoms with van der Waals surface area (Å²) in [4.78, 5) is 13.4. The molecule has 1 N–H and O–H groups in total. The number of alkyl halides is 3. The van der Waals surface area contributed by atoms with E-state index in [4.69, 9.17) is 0 Å². The normalized spacial score (nSPS) is 17.1. The summed E-state index contributed by atoms with van der Waals surface area (Å²) in [6.45, 7) is 0.473. The van der Waals surface area contributed by atoms with Gasteiger partial charge < -0.3 is 10.2 Å². The number of nitrogens with one attached hydrogen (secondary N) is 1.